The third kappa shape index (κ3) is 3.72. The van der Waals surface area contributed by atoms with Crippen LogP contribution < -0.4 is 0 Å². The number of hydrogen-bond acceptors (Lipinski definition) is 3. The number of hydrogen-bond donors (Lipinski definition) is 1. The number of aromatic hydroxyl groups is 1. The van der Waals surface area contributed by atoms with Crippen molar-refractivity contribution in [1.29, 1.82) is 0 Å². The summed E-state index contributed by atoms with van der Waals surface area (Å²) in [6.45, 7) is 4.22. The summed E-state index contributed by atoms with van der Waals surface area (Å²) in [5.41, 5.74) is 3.36. The van der Waals surface area contributed by atoms with Gasteiger partial charge in [-0.3, -0.25) is 9.59 Å². The third-order valence-electron chi connectivity index (χ3n) is 4.38. The Kier molecular flexibility index (Phi) is 4.99. The maximum Gasteiger partial charge on any atom is 0.193 e. The van der Waals surface area contributed by atoms with Gasteiger partial charge in [-0.1, -0.05) is 62.4 Å². The van der Waals surface area contributed by atoms with Crippen molar-refractivity contribution in [3.63, 3.8) is 0 Å². The van der Waals surface area contributed by atoms with E-state index in [0.29, 0.717) is 28.2 Å². The van der Waals surface area contributed by atoms with E-state index in [9.17, 15) is 14.7 Å². The zero-order valence-corrected chi connectivity index (χ0v) is 14.8. The number of rotatable bonds is 5. The minimum absolute atomic E-state index is 0.0658. The molecule has 0 spiro atoms. The Morgan fingerprint density at radius 2 is 0.923 bits per heavy atom. The molecule has 0 unspecified atom stereocenters. The summed E-state index contributed by atoms with van der Waals surface area (Å²) in [6.07, 6.45) is 0. The maximum atomic E-state index is 12.6. The summed E-state index contributed by atoms with van der Waals surface area (Å²) >= 11 is 0. The Bertz CT molecular complexity index is 919. The molecule has 1 N–H and O–H groups in total. The van der Waals surface area contributed by atoms with Crippen LogP contribution in [0.3, 0.4) is 0 Å². The van der Waals surface area contributed by atoms with Gasteiger partial charge in [0.2, 0.25) is 0 Å². The maximum absolute atomic E-state index is 12.6. The van der Waals surface area contributed by atoms with Gasteiger partial charge in [-0.25, -0.2) is 0 Å². The van der Waals surface area contributed by atoms with E-state index in [2.05, 4.69) is 13.8 Å². The second-order valence-electron chi connectivity index (χ2n) is 6.56. The van der Waals surface area contributed by atoms with Crippen LogP contribution in [-0.2, 0) is 0 Å². The predicted molar refractivity (Wildman–Crippen MR) is 102 cm³/mol. The number of phenols is 1. The van der Waals surface area contributed by atoms with Crippen molar-refractivity contribution in [2.75, 3.05) is 0 Å². The van der Waals surface area contributed by atoms with Crippen LogP contribution in [0.1, 0.15) is 57.2 Å². The fourth-order valence-electron chi connectivity index (χ4n) is 2.74. The topological polar surface area (TPSA) is 54.4 Å². The van der Waals surface area contributed by atoms with Crippen LogP contribution in [0.25, 0.3) is 0 Å². The molecule has 0 aromatic heterocycles. The molecule has 0 aliphatic heterocycles. The highest BCUT2D eigenvalue weighted by atomic mass is 16.3. The Morgan fingerprint density at radius 1 is 0.615 bits per heavy atom. The lowest BCUT2D eigenvalue weighted by atomic mass is 9.96. The molecule has 3 aromatic rings. The molecule has 3 aromatic carbocycles. The number of carbonyl (C=O) groups is 2. The largest absolute Gasteiger partial charge is 0.508 e. The molecule has 0 radical (unpaired) electrons. The number of ketones is 2. The molecule has 0 amide bonds. The predicted octanol–water partition coefficient (Wildman–Crippen LogP) is 4.98. The Labute approximate surface area is 152 Å². The molecule has 3 rings (SSSR count). The van der Waals surface area contributed by atoms with Crippen LogP contribution in [0.2, 0.25) is 0 Å². The standard InChI is InChI=1S/C23H20O3/c1-15(2)16-3-5-17(6-4-16)22(25)18-7-9-19(10-8-18)23(26)20-11-13-21(24)14-12-20/h3-15,24H,1-2H3. The lowest BCUT2D eigenvalue weighted by Crippen LogP contribution is -2.04. The molecule has 26 heavy (non-hydrogen) atoms. The van der Waals surface area contributed by atoms with E-state index in [0.717, 1.165) is 0 Å². The molecular formula is C23H20O3. The number of phenolic OH excluding ortho intramolecular Hbond substituents is 1. The van der Waals surface area contributed by atoms with Crippen LogP contribution in [0.15, 0.2) is 72.8 Å². The minimum Gasteiger partial charge on any atom is -0.508 e. The molecule has 0 saturated carbocycles. The monoisotopic (exact) mass is 344 g/mol. The number of carbonyl (C=O) groups excluding carboxylic acids is 2. The molecule has 0 saturated heterocycles. The molecule has 3 nitrogen and oxygen atoms in total. The Balaban J connectivity index is 1.79. The van der Waals surface area contributed by atoms with Crippen LogP contribution in [0.5, 0.6) is 5.75 Å². The molecule has 130 valence electrons. The smallest absolute Gasteiger partial charge is 0.193 e. The van der Waals surface area contributed by atoms with E-state index in [1.807, 2.05) is 24.3 Å². The van der Waals surface area contributed by atoms with Gasteiger partial charge < -0.3 is 5.11 Å². The molecule has 0 aliphatic carbocycles. The van der Waals surface area contributed by atoms with Crippen LogP contribution in [-0.4, -0.2) is 16.7 Å². The summed E-state index contributed by atoms with van der Waals surface area (Å²) < 4.78 is 0. The fourth-order valence-corrected chi connectivity index (χ4v) is 2.74. The van der Waals surface area contributed by atoms with Crippen molar-refractivity contribution >= 4 is 11.6 Å². The zero-order valence-electron chi connectivity index (χ0n) is 14.8. The van der Waals surface area contributed by atoms with Crippen molar-refractivity contribution in [2.45, 2.75) is 19.8 Å². The van der Waals surface area contributed by atoms with Crippen LogP contribution in [0.4, 0.5) is 0 Å². The van der Waals surface area contributed by atoms with Crippen molar-refractivity contribution in [3.8, 4) is 5.75 Å². The molecule has 0 atom stereocenters. The third-order valence-corrected chi connectivity index (χ3v) is 4.38. The fraction of sp³-hybridized carbons (Fsp3) is 0.130. The van der Waals surface area contributed by atoms with E-state index >= 15 is 0 Å². The summed E-state index contributed by atoms with van der Waals surface area (Å²) in [4.78, 5) is 25.0. The average Bonchev–Trinajstić information content (AvgIpc) is 2.67. The van der Waals surface area contributed by atoms with Gasteiger partial charge in [0, 0.05) is 22.3 Å². The van der Waals surface area contributed by atoms with Gasteiger partial charge >= 0.3 is 0 Å². The molecule has 0 fully saturated rings. The highest BCUT2D eigenvalue weighted by Gasteiger charge is 2.13. The molecular weight excluding hydrogens is 324 g/mol. The van der Waals surface area contributed by atoms with E-state index < -0.39 is 0 Å². The molecule has 0 bridgehead atoms. The second kappa shape index (κ2) is 7.36. The first kappa shape index (κ1) is 17.6. The summed E-state index contributed by atoms with van der Waals surface area (Å²) in [7, 11) is 0. The molecule has 0 aliphatic rings. The van der Waals surface area contributed by atoms with Gasteiger partial charge in [0.15, 0.2) is 11.6 Å². The van der Waals surface area contributed by atoms with Crippen LogP contribution in [0, 0.1) is 0 Å². The van der Waals surface area contributed by atoms with Crippen LogP contribution >= 0.6 is 0 Å². The average molecular weight is 344 g/mol. The highest BCUT2D eigenvalue weighted by molar-refractivity contribution is 6.11. The van der Waals surface area contributed by atoms with E-state index in [4.69, 9.17) is 0 Å². The molecule has 3 heteroatoms. The normalized spacial score (nSPS) is 10.7. The van der Waals surface area contributed by atoms with Gasteiger partial charge in [-0.15, -0.1) is 0 Å². The zero-order chi connectivity index (χ0) is 18.7. The SMILES string of the molecule is CC(C)c1ccc(C(=O)c2ccc(C(=O)c3ccc(O)cc3)cc2)cc1. The first-order valence-corrected chi connectivity index (χ1v) is 8.54. The van der Waals surface area contributed by atoms with Crippen molar-refractivity contribution in [1.82, 2.24) is 0 Å². The summed E-state index contributed by atoms with van der Waals surface area (Å²) in [5, 5.41) is 9.31. The lowest BCUT2D eigenvalue weighted by Gasteiger charge is -2.07. The lowest BCUT2D eigenvalue weighted by molar-refractivity contribution is 0.102. The highest BCUT2D eigenvalue weighted by Crippen LogP contribution is 2.18. The van der Waals surface area contributed by atoms with Crippen molar-refractivity contribution in [2.24, 2.45) is 0 Å². The summed E-state index contributed by atoms with van der Waals surface area (Å²) in [5.74, 6) is 0.324. The quantitative estimate of drug-likeness (QED) is 0.664. The van der Waals surface area contributed by atoms with Crippen molar-refractivity contribution in [3.05, 3.63) is 101 Å². The van der Waals surface area contributed by atoms with E-state index in [1.165, 1.54) is 17.7 Å². The van der Waals surface area contributed by atoms with Crippen molar-refractivity contribution < 1.29 is 14.7 Å². The van der Waals surface area contributed by atoms with Gasteiger partial charge in [0.25, 0.3) is 0 Å². The minimum atomic E-state index is -0.148. The molecule has 0 heterocycles. The van der Waals surface area contributed by atoms with Gasteiger partial charge in [-0.05, 0) is 35.7 Å². The van der Waals surface area contributed by atoms with E-state index in [-0.39, 0.29) is 17.3 Å². The summed E-state index contributed by atoms with van der Waals surface area (Å²) in [6, 6.07) is 20.4. The Hall–Kier alpha value is -3.20. The Morgan fingerprint density at radius 3 is 1.27 bits per heavy atom. The second-order valence-corrected chi connectivity index (χ2v) is 6.56. The van der Waals surface area contributed by atoms with Gasteiger partial charge in [0.1, 0.15) is 5.75 Å². The van der Waals surface area contributed by atoms with Gasteiger partial charge in [0.05, 0.1) is 0 Å². The number of benzene rings is 3. The first-order chi connectivity index (χ1) is 12.5. The first-order valence-electron chi connectivity index (χ1n) is 8.54. The van der Waals surface area contributed by atoms with E-state index in [1.54, 1.807) is 36.4 Å². The van der Waals surface area contributed by atoms with Gasteiger partial charge in [-0.2, -0.15) is 0 Å².